The molecule has 0 spiro atoms. The monoisotopic (exact) mass is 325 g/mol. The van der Waals surface area contributed by atoms with Crippen LogP contribution in [0.5, 0.6) is 0 Å². The van der Waals surface area contributed by atoms with Crippen LogP contribution in [0.1, 0.15) is 16.0 Å². The molecule has 0 bridgehead atoms. The molecule has 2 aromatic rings. The quantitative estimate of drug-likeness (QED) is 0.465. The Morgan fingerprint density at radius 3 is 2.39 bits per heavy atom. The average Bonchev–Trinajstić information content (AvgIpc) is 2.39. The SMILES string of the molecule is O=[N+]([O-])c1cc(C(Br)c2ccccc2)ccc1Cl. The van der Waals surface area contributed by atoms with Crippen LogP contribution in [0.3, 0.4) is 0 Å². The van der Waals surface area contributed by atoms with Crippen molar-refractivity contribution in [1.29, 1.82) is 0 Å². The molecule has 0 radical (unpaired) electrons. The number of rotatable bonds is 3. The van der Waals surface area contributed by atoms with Gasteiger partial charge in [-0.05, 0) is 17.2 Å². The van der Waals surface area contributed by atoms with Crippen LogP contribution < -0.4 is 0 Å². The van der Waals surface area contributed by atoms with Crippen molar-refractivity contribution in [2.45, 2.75) is 4.83 Å². The normalized spacial score (nSPS) is 12.1. The van der Waals surface area contributed by atoms with Gasteiger partial charge in [0, 0.05) is 6.07 Å². The van der Waals surface area contributed by atoms with Gasteiger partial charge in [0.2, 0.25) is 0 Å². The predicted molar refractivity (Wildman–Crippen MR) is 75.3 cm³/mol. The lowest BCUT2D eigenvalue weighted by molar-refractivity contribution is -0.384. The van der Waals surface area contributed by atoms with E-state index in [1.165, 1.54) is 6.07 Å². The highest BCUT2D eigenvalue weighted by Gasteiger charge is 2.17. The summed E-state index contributed by atoms with van der Waals surface area (Å²) in [7, 11) is 0. The Morgan fingerprint density at radius 2 is 1.78 bits per heavy atom. The topological polar surface area (TPSA) is 43.1 Å². The summed E-state index contributed by atoms with van der Waals surface area (Å²) in [5.41, 5.74) is 1.76. The maximum atomic E-state index is 10.8. The molecule has 0 N–H and O–H groups in total. The second kappa shape index (κ2) is 5.50. The average molecular weight is 327 g/mol. The van der Waals surface area contributed by atoms with Crippen molar-refractivity contribution >= 4 is 33.2 Å². The van der Waals surface area contributed by atoms with Crippen molar-refractivity contribution in [3.05, 3.63) is 74.8 Å². The van der Waals surface area contributed by atoms with E-state index >= 15 is 0 Å². The third-order valence-electron chi connectivity index (χ3n) is 2.55. The van der Waals surface area contributed by atoms with Gasteiger partial charge in [0.05, 0.1) is 9.75 Å². The van der Waals surface area contributed by atoms with E-state index in [0.717, 1.165) is 11.1 Å². The summed E-state index contributed by atoms with van der Waals surface area (Å²) in [4.78, 5) is 10.3. The van der Waals surface area contributed by atoms with E-state index < -0.39 is 4.92 Å². The Hall–Kier alpha value is -1.39. The van der Waals surface area contributed by atoms with Crippen LogP contribution in [0.4, 0.5) is 5.69 Å². The third-order valence-corrected chi connectivity index (χ3v) is 3.93. The summed E-state index contributed by atoms with van der Waals surface area (Å²) in [6.45, 7) is 0. The Bertz CT molecular complexity index is 574. The summed E-state index contributed by atoms with van der Waals surface area (Å²) in [6, 6.07) is 14.5. The van der Waals surface area contributed by atoms with Crippen LogP contribution in [0, 0.1) is 10.1 Å². The Kier molecular flexibility index (Phi) is 3.99. The molecule has 0 heterocycles. The van der Waals surface area contributed by atoms with E-state index in [2.05, 4.69) is 15.9 Å². The number of nitro benzene ring substituents is 1. The molecule has 0 aromatic heterocycles. The van der Waals surface area contributed by atoms with Crippen molar-refractivity contribution in [2.24, 2.45) is 0 Å². The van der Waals surface area contributed by atoms with Crippen LogP contribution in [0.2, 0.25) is 5.02 Å². The van der Waals surface area contributed by atoms with E-state index in [4.69, 9.17) is 11.6 Å². The fourth-order valence-electron chi connectivity index (χ4n) is 1.64. The number of nitro groups is 1. The molecule has 0 aliphatic rings. The van der Waals surface area contributed by atoms with Crippen molar-refractivity contribution < 1.29 is 4.92 Å². The lowest BCUT2D eigenvalue weighted by atomic mass is 10.0. The Balaban J connectivity index is 2.40. The highest BCUT2D eigenvalue weighted by atomic mass is 79.9. The number of nitrogens with zero attached hydrogens (tertiary/aromatic N) is 1. The fourth-order valence-corrected chi connectivity index (χ4v) is 2.42. The summed E-state index contributed by atoms with van der Waals surface area (Å²) in [6.07, 6.45) is 0. The van der Waals surface area contributed by atoms with E-state index in [0.29, 0.717) is 0 Å². The minimum Gasteiger partial charge on any atom is -0.258 e. The van der Waals surface area contributed by atoms with Gasteiger partial charge in [0.25, 0.3) is 5.69 Å². The standard InChI is InChI=1S/C13H9BrClNO2/c14-13(9-4-2-1-3-5-9)10-6-7-11(15)12(8-10)16(17)18/h1-8,13H. The first kappa shape index (κ1) is 13.1. The fraction of sp³-hybridized carbons (Fsp3) is 0.0769. The first-order chi connectivity index (χ1) is 8.59. The minimum absolute atomic E-state index is 0.0745. The van der Waals surface area contributed by atoms with Gasteiger partial charge >= 0.3 is 0 Å². The van der Waals surface area contributed by atoms with Gasteiger partial charge < -0.3 is 0 Å². The van der Waals surface area contributed by atoms with E-state index in [1.807, 2.05) is 30.3 Å². The van der Waals surface area contributed by atoms with Gasteiger partial charge in [0.1, 0.15) is 5.02 Å². The molecular weight excluding hydrogens is 318 g/mol. The molecule has 0 aliphatic heterocycles. The molecule has 18 heavy (non-hydrogen) atoms. The van der Waals surface area contributed by atoms with Gasteiger partial charge in [-0.2, -0.15) is 0 Å². The summed E-state index contributed by atoms with van der Waals surface area (Å²) in [5, 5.41) is 11.0. The molecule has 2 rings (SSSR count). The third kappa shape index (κ3) is 2.71. The Morgan fingerprint density at radius 1 is 1.11 bits per heavy atom. The summed E-state index contributed by atoms with van der Waals surface area (Å²) < 4.78 is 0. The molecule has 3 nitrogen and oxygen atoms in total. The highest BCUT2D eigenvalue weighted by Crippen LogP contribution is 2.34. The smallest absolute Gasteiger partial charge is 0.258 e. The number of hydrogen-bond donors (Lipinski definition) is 0. The molecule has 92 valence electrons. The summed E-state index contributed by atoms with van der Waals surface area (Å²) >= 11 is 9.32. The number of alkyl halides is 1. The molecule has 1 unspecified atom stereocenters. The van der Waals surface area contributed by atoms with E-state index in [9.17, 15) is 10.1 Å². The van der Waals surface area contributed by atoms with Gasteiger partial charge in [-0.15, -0.1) is 0 Å². The molecule has 0 fully saturated rings. The second-order valence-corrected chi connectivity index (χ2v) is 5.06. The van der Waals surface area contributed by atoms with Crippen LogP contribution in [0.25, 0.3) is 0 Å². The van der Waals surface area contributed by atoms with Crippen molar-refractivity contribution in [2.75, 3.05) is 0 Å². The number of hydrogen-bond acceptors (Lipinski definition) is 2. The first-order valence-corrected chi connectivity index (χ1v) is 6.52. The van der Waals surface area contributed by atoms with Crippen LogP contribution in [0.15, 0.2) is 48.5 Å². The number of halogens is 2. The van der Waals surface area contributed by atoms with Gasteiger partial charge in [-0.3, -0.25) is 10.1 Å². The van der Waals surface area contributed by atoms with Crippen molar-refractivity contribution in [3.63, 3.8) is 0 Å². The maximum absolute atomic E-state index is 10.8. The molecule has 0 saturated heterocycles. The molecule has 5 heteroatoms. The highest BCUT2D eigenvalue weighted by molar-refractivity contribution is 9.09. The zero-order valence-electron chi connectivity index (χ0n) is 9.22. The minimum atomic E-state index is -0.476. The van der Waals surface area contributed by atoms with Crippen LogP contribution in [-0.4, -0.2) is 4.92 Å². The lowest BCUT2D eigenvalue weighted by Gasteiger charge is -2.10. The number of benzene rings is 2. The predicted octanol–water partition coefficient (Wildman–Crippen LogP) is 4.73. The Labute approximate surface area is 118 Å². The zero-order valence-corrected chi connectivity index (χ0v) is 11.6. The molecule has 1 atom stereocenters. The van der Waals surface area contributed by atoms with E-state index in [-0.39, 0.29) is 15.5 Å². The van der Waals surface area contributed by atoms with E-state index in [1.54, 1.807) is 12.1 Å². The van der Waals surface area contributed by atoms with Crippen LogP contribution >= 0.6 is 27.5 Å². The van der Waals surface area contributed by atoms with Crippen molar-refractivity contribution in [3.8, 4) is 0 Å². The van der Waals surface area contributed by atoms with Gasteiger partial charge in [-0.25, -0.2) is 0 Å². The molecule has 0 amide bonds. The maximum Gasteiger partial charge on any atom is 0.288 e. The molecule has 0 saturated carbocycles. The molecule has 0 aliphatic carbocycles. The van der Waals surface area contributed by atoms with Crippen molar-refractivity contribution in [1.82, 2.24) is 0 Å². The van der Waals surface area contributed by atoms with Gasteiger partial charge in [0.15, 0.2) is 0 Å². The largest absolute Gasteiger partial charge is 0.288 e. The zero-order chi connectivity index (χ0) is 13.1. The van der Waals surface area contributed by atoms with Gasteiger partial charge in [-0.1, -0.05) is 63.9 Å². The molecule has 2 aromatic carbocycles. The molecular formula is C13H9BrClNO2. The second-order valence-electron chi connectivity index (χ2n) is 3.74. The summed E-state index contributed by atoms with van der Waals surface area (Å²) in [5.74, 6) is 0. The van der Waals surface area contributed by atoms with Crippen LogP contribution in [-0.2, 0) is 0 Å². The lowest BCUT2D eigenvalue weighted by Crippen LogP contribution is -1.95. The first-order valence-electron chi connectivity index (χ1n) is 5.22.